The van der Waals surface area contributed by atoms with Crippen LogP contribution in [0.5, 0.6) is 0 Å². The molecule has 5 rings (SSSR count). The number of hydrogen-bond acceptors (Lipinski definition) is 5. The van der Waals surface area contributed by atoms with E-state index in [4.69, 9.17) is 4.98 Å². The van der Waals surface area contributed by atoms with Crippen molar-refractivity contribution < 1.29 is 4.79 Å². The average molecular weight is 383 g/mol. The van der Waals surface area contributed by atoms with Crippen LogP contribution in [0.3, 0.4) is 0 Å². The number of nitrogens with zero attached hydrogens (tertiary/aromatic N) is 4. The molecule has 2 aliphatic heterocycles. The van der Waals surface area contributed by atoms with E-state index in [1.807, 2.05) is 6.07 Å². The number of aryl methyl sites for hydroxylation is 1. The fourth-order valence-electron chi connectivity index (χ4n) is 5.15. The smallest absolute Gasteiger partial charge is 0.241 e. The van der Waals surface area contributed by atoms with Crippen molar-refractivity contribution in [3.05, 3.63) is 30.1 Å². The molecular weight excluding hydrogens is 352 g/mol. The Morgan fingerprint density at radius 1 is 1.11 bits per heavy atom. The third kappa shape index (κ3) is 3.21. The maximum Gasteiger partial charge on any atom is 0.241 e. The first-order valence-corrected chi connectivity index (χ1v) is 10.6. The Balaban J connectivity index is 1.19. The normalized spacial score (nSPS) is 28.6. The van der Waals surface area contributed by atoms with Gasteiger partial charge in [-0.05, 0) is 25.0 Å². The molecule has 1 amide bonds. The van der Waals surface area contributed by atoms with Gasteiger partial charge in [-0.3, -0.25) is 15.1 Å². The van der Waals surface area contributed by atoms with Gasteiger partial charge in [0.15, 0.2) is 0 Å². The molecule has 1 aliphatic carbocycles. The first-order chi connectivity index (χ1) is 13.7. The van der Waals surface area contributed by atoms with E-state index in [0.717, 1.165) is 50.5 Å². The highest BCUT2D eigenvalue weighted by Gasteiger charge is 2.42. The van der Waals surface area contributed by atoms with Crippen LogP contribution in [-0.2, 0) is 18.4 Å². The molecule has 7 nitrogen and oxygen atoms in total. The van der Waals surface area contributed by atoms with E-state index in [1.54, 1.807) is 0 Å². The summed E-state index contributed by atoms with van der Waals surface area (Å²) in [5.74, 6) is 1.83. The molecular formula is C21H30N6O. The first-order valence-electron chi connectivity index (χ1n) is 10.6. The van der Waals surface area contributed by atoms with Gasteiger partial charge in [0.2, 0.25) is 5.91 Å². The number of rotatable bonds is 3. The third-order valence-electron chi connectivity index (χ3n) is 6.87. The van der Waals surface area contributed by atoms with Crippen molar-refractivity contribution in [3.8, 4) is 0 Å². The van der Waals surface area contributed by atoms with Crippen LogP contribution in [0, 0.1) is 5.92 Å². The lowest BCUT2D eigenvalue weighted by atomic mass is 9.81. The SMILES string of the molecule is Cn1c(CN2CCN(C(=O)C3NNC4CCCCC43)CC2)nc2ccccc21. The van der Waals surface area contributed by atoms with Crippen LogP contribution in [0.25, 0.3) is 11.0 Å². The number of piperazine rings is 1. The molecule has 3 unspecified atom stereocenters. The Bertz CT molecular complexity index is 856. The highest BCUT2D eigenvalue weighted by molar-refractivity contribution is 5.82. The second-order valence-corrected chi connectivity index (χ2v) is 8.50. The van der Waals surface area contributed by atoms with Gasteiger partial charge in [0.05, 0.1) is 17.6 Å². The summed E-state index contributed by atoms with van der Waals surface area (Å²) >= 11 is 0. The van der Waals surface area contributed by atoms with Gasteiger partial charge >= 0.3 is 0 Å². The molecule has 0 spiro atoms. The number of carbonyl (C=O) groups is 1. The Labute approximate surface area is 166 Å². The number of aromatic nitrogens is 2. The van der Waals surface area contributed by atoms with Gasteiger partial charge in [0.25, 0.3) is 0 Å². The van der Waals surface area contributed by atoms with Gasteiger partial charge in [-0.2, -0.15) is 0 Å². The van der Waals surface area contributed by atoms with Crippen molar-refractivity contribution >= 4 is 16.9 Å². The zero-order valence-corrected chi connectivity index (χ0v) is 16.6. The lowest BCUT2D eigenvalue weighted by Gasteiger charge is -2.37. The monoisotopic (exact) mass is 382 g/mol. The van der Waals surface area contributed by atoms with E-state index in [0.29, 0.717) is 12.0 Å². The van der Waals surface area contributed by atoms with Crippen LogP contribution in [0.1, 0.15) is 31.5 Å². The van der Waals surface area contributed by atoms with Gasteiger partial charge in [0, 0.05) is 45.2 Å². The largest absolute Gasteiger partial charge is 0.339 e. The minimum atomic E-state index is -0.0447. The molecule has 7 heteroatoms. The molecule has 0 bridgehead atoms. The van der Waals surface area contributed by atoms with Gasteiger partial charge in [-0.25, -0.2) is 10.4 Å². The molecule has 2 aromatic rings. The molecule has 1 saturated carbocycles. The van der Waals surface area contributed by atoms with Crippen LogP contribution in [0.4, 0.5) is 0 Å². The number of fused-ring (bicyclic) bond motifs is 2. The summed E-state index contributed by atoms with van der Waals surface area (Å²) in [6.07, 6.45) is 4.87. The van der Waals surface area contributed by atoms with Crippen molar-refractivity contribution in [2.24, 2.45) is 13.0 Å². The van der Waals surface area contributed by atoms with Gasteiger partial charge in [-0.1, -0.05) is 25.0 Å². The summed E-state index contributed by atoms with van der Waals surface area (Å²) in [7, 11) is 2.09. The molecule has 2 N–H and O–H groups in total. The van der Waals surface area contributed by atoms with E-state index in [1.165, 1.54) is 24.8 Å². The van der Waals surface area contributed by atoms with Gasteiger partial charge in [0.1, 0.15) is 11.9 Å². The topological polar surface area (TPSA) is 65.4 Å². The first kappa shape index (κ1) is 18.1. The lowest BCUT2D eigenvalue weighted by molar-refractivity contribution is -0.136. The molecule has 1 aromatic heterocycles. The van der Waals surface area contributed by atoms with E-state index in [-0.39, 0.29) is 11.9 Å². The Hall–Kier alpha value is -1.96. The fourth-order valence-corrected chi connectivity index (χ4v) is 5.15. The number of hydrogen-bond donors (Lipinski definition) is 2. The summed E-state index contributed by atoms with van der Waals surface area (Å²) in [5.41, 5.74) is 8.90. The Morgan fingerprint density at radius 2 is 1.89 bits per heavy atom. The van der Waals surface area contributed by atoms with Crippen LogP contribution >= 0.6 is 0 Å². The standard InChI is InChI=1S/C21H30N6O/c1-25-18-9-5-4-8-17(18)22-19(25)14-26-10-12-27(13-11-26)21(28)20-15-6-2-3-7-16(15)23-24-20/h4-5,8-9,15-16,20,23-24H,2-3,6-7,10-14H2,1H3. The number of benzene rings is 1. The predicted molar refractivity (Wildman–Crippen MR) is 108 cm³/mol. The van der Waals surface area contributed by atoms with E-state index in [9.17, 15) is 4.79 Å². The zero-order valence-electron chi connectivity index (χ0n) is 16.6. The number of imidazole rings is 1. The fraction of sp³-hybridized carbons (Fsp3) is 0.619. The maximum atomic E-state index is 13.1. The van der Waals surface area contributed by atoms with E-state index in [2.05, 4.69) is 50.5 Å². The Morgan fingerprint density at radius 3 is 2.71 bits per heavy atom. The molecule has 1 aromatic carbocycles. The quantitative estimate of drug-likeness (QED) is 0.837. The average Bonchev–Trinajstić information content (AvgIpc) is 3.30. The molecule has 150 valence electrons. The zero-order chi connectivity index (χ0) is 19.1. The Kier molecular flexibility index (Phi) is 4.82. The van der Waals surface area contributed by atoms with Crippen molar-refractivity contribution in [3.63, 3.8) is 0 Å². The van der Waals surface area contributed by atoms with Crippen molar-refractivity contribution in [2.45, 2.75) is 44.3 Å². The molecule has 3 heterocycles. The van der Waals surface area contributed by atoms with Crippen molar-refractivity contribution in [1.82, 2.24) is 30.2 Å². The van der Waals surface area contributed by atoms with Crippen LogP contribution < -0.4 is 10.9 Å². The number of amides is 1. The van der Waals surface area contributed by atoms with Crippen molar-refractivity contribution in [1.29, 1.82) is 0 Å². The molecule has 0 radical (unpaired) electrons. The van der Waals surface area contributed by atoms with E-state index >= 15 is 0 Å². The van der Waals surface area contributed by atoms with Gasteiger partial charge < -0.3 is 9.47 Å². The summed E-state index contributed by atoms with van der Waals surface area (Å²) in [5, 5.41) is 0. The second kappa shape index (κ2) is 7.46. The second-order valence-electron chi connectivity index (χ2n) is 8.50. The summed E-state index contributed by atoms with van der Waals surface area (Å²) in [6, 6.07) is 8.70. The number of nitrogens with one attached hydrogen (secondary N) is 2. The molecule has 3 atom stereocenters. The third-order valence-corrected chi connectivity index (χ3v) is 6.87. The van der Waals surface area contributed by atoms with Gasteiger partial charge in [-0.15, -0.1) is 0 Å². The predicted octanol–water partition coefficient (Wildman–Crippen LogP) is 1.25. The maximum absolute atomic E-state index is 13.1. The number of carbonyl (C=O) groups excluding carboxylic acids is 1. The summed E-state index contributed by atoms with van der Waals surface area (Å²) < 4.78 is 2.18. The van der Waals surface area contributed by atoms with Crippen LogP contribution in [0.15, 0.2) is 24.3 Å². The number of para-hydroxylation sites is 2. The van der Waals surface area contributed by atoms with Crippen LogP contribution in [-0.4, -0.2) is 63.5 Å². The minimum absolute atomic E-state index is 0.0447. The number of hydrazine groups is 1. The highest BCUT2D eigenvalue weighted by Crippen LogP contribution is 2.31. The van der Waals surface area contributed by atoms with Crippen LogP contribution in [0.2, 0.25) is 0 Å². The molecule has 2 saturated heterocycles. The van der Waals surface area contributed by atoms with E-state index < -0.39 is 0 Å². The molecule has 28 heavy (non-hydrogen) atoms. The minimum Gasteiger partial charge on any atom is -0.339 e. The van der Waals surface area contributed by atoms with Crippen molar-refractivity contribution in [2.75, 3.05) is 26.2 Å². The lowest BCUT2D eigenvalue weighted by Crippen LogP contribution is -2.54. The summed E-state index contributed by atoms with van der Waals surface area (Å²) in [4.78, 5) is 22.3. The highest BCUT2D eigenvalue weighted by atomic mass is 16.2. The molecule has 3 fully saturated rings. The summed E-state index contributed by atoms with van der Waals surface area (Å²) in [6.45, 7) is 4.25. The molecule has 3 aliphatic rings.